The van der Waals surface area contributed by atoms with E-state index >= 15 is 0 Å². The number of benzene rings is 1. The van der Waals surface area contributed by atoms with Crippen LogP contribution in [0.2, 0.25) is 0 Å². The summed E-state index contributed by atoms with van der Waals surface area (Å²) < 4.78 is 29.3. The molecule has 1 aliphatic rings. The quantitative estimate of drug-likeness (QED) is 0.801. The van der Waals surface area contributed by atoms with E-state index in [1.54, 1.807) is 12.1 Å². The third-order valence-corrected chi connectivity index (χ3v) is 3.50. The smallest absolute Gasteiger partial charge is 0.175 e. The minimum atomic E-state index is -0.573. The summed E-state index contributed by atoms with van der Waals surface area (Å²) in [6, 6.07) is 5.91. The van der Waals surface area contributed by atoms with Crippen molar-refractivity contribution in [2.75, 3.05) is 18.5 Å². The molecule has 0 aliphatic carbocycles. The van der Waals surface area contributed by atoms with Crippen LogP contribution in [0.4, 0.5) is 4.39 Å². The van der Waals surface area contributed by atoms with Crippen molar-refractivity contribution in [3.63, 3.8) is 0 Å². The first-order chi connectivity index (χ1) is 8.11. The molecular weight excluding hydrogens is 291 g/mol. The van der Waals surface area contributed by atoms with Gasteiger partial charge >= 0.3 is 0 Å². The fourth-order valence-corrected chi connectivity index (χ4v) is 1.86. The van der Waals surface area contributed by atoms with E-state index in [1.165, 1.54) is 12.1 Å². The first-order valence-corrected chi connectivity index (χ1v) is 6.49. The molecule has 1 heterocycles. The Morgan fingerprint density at radius 1 is 1.47 bits per heavy atom. The van der Waals surface area contributed by atoms with E-state index in [0.717, 1.165) is 0 Å². The summed E-state index contributed by atoms with van der Waals surface area (Å²) in [6.45, 7) is 2.77. The molecule has 94 valence electrons. The highest BCUT2D eigenvalue weighted by atomic mass is 79.9. The van der Waals surface area contributed by atoms with Crippen LogP contribution in [0.5, 0.6) is 5.75 Å². The molecule has 5 heteroatoms. The summed E-state index contributed by atoms with van der Waals surface area (Å²) in [5.41, 5.74) is 0. The molecule has 0 N–H and O–H groups in total. The zero-order valence-electron chi connectivity index (χ0n) is 9.49. The van der Waals surface area contributed by atoms with E-state index in [0.29, 0.717) is 24.3 Å². The van der Waals surface area contributed by atoms with Crippen LogP contribution in [0.15, 0.2) is 24.3 Å². The first-order valence-electron chi connectivity index (χ1n) is 5.37. The summed E-state index contributed by atoms with van der Waals surface area (Å²) in [7, 11) is 0. The molecule has 0 saturated carbocycles. The average molecular weight is 305 g/mol. The Labute approximate surface area is 108 Å². The zero-order chi connectivity index (χ0) is 12.3. The highest BCUT2D eigenvalue weighted by molar-refractivity contribution is 9.09. The van der Waals surface area contributed by atoms with Crippen LogP contribution in [0, 0.1) is 5.82 Å². The normalized spacial score (nSPS) is 28.3. The van der Waals surface area contributed by atoms with Gasteiger partial charge < -0.3 is 14.2 Å². The molecule has 0 aromatic heterocycles. The van der Waals surface area contributed by atoms with Gasteiger partial charge in [0.05, 0.1) is 11.9 Å². The number of halogens is 2. The Balaban J connectivity index is 1.82. The number of hydrogen-bond acceptors (Lipinski definition) is 3. The van der Waals surface area contributed by atoms with Crippen molar-refractivity contribution in [2.45, 2.75) is 18.8 Å². The van der Waals surface area contributed by atoms with Crippen LogP contribution in [0.25, 0.3) is 0 Å². The fraction of sp³-hybridized carbons (Fsp3) is 0.500. The van der Waals surface area contributed by atoms with E-state index in [1.807, 2.05) is 6.92 Å². The van der Waals surface area contributed by atoms with Crippen molar-refractivity contribution >= 4 is 15.9 Å². The molecule has 1 aromatic rings. The molecule has 2 atom stereocenters. The van der Waals surface area contributed by atoms with Gasteiger partial charge in [-0.3, -0.25) is 0 Å². The second kappa shape index (κ2) is 5.33. The summed E-state index contributed by atoms with van der Waals surface area (Å²) in [4.78, 5) is 0. The molecule has 2 unspecified atom stereocenters. The molecule has 0 amide bonds. The van der Waals surface area contributed by atoms with Crippen molar-refractivity contribution in [3.8, 4) is 5.75 Å². The molecule has 0 bridgehead atoms. The lowest BCUT2D eigenvalue weighted by atomic mass is 10.3. The van der Waals surface area contributed by atoms with Crippen molar-refractivity contribution in [3.05, 3.63) is 30.1 Å². The molecular formula is C12H14BrFO3. The van der Waals surface area contributed by atoms with Crippen molar-refractivity contribution in [1.82, 2.24) is 0 Å². The average Bonchev–Trinajstić information content (AvgIpc) is 2.72. The van der Waals surface area contributed by atoms with Gasteiger partial charge in [0.2, 0.25) is 0 Å². The van der Waals surface area contributed by atoms with E-state index in [4.69, 9.17) is 14.2 Å². The van der Waals surface area contributed by atoms with Crippen LogP contribution < -0.4 is 4.74 Å². The SMILES string of the molecule is CC1(CBr)OCC(COc2ccc(F)cc2)O1. The molecule has 0 spiro atoms. The van der Waals surface area contributed by atoms with Gasteiger partial charge in [0.25, 0.3) is 0 Å². The number of rotatable bonds is 4. The maximum Gasteiger partial charge on any atom is 0.175 e. The molecule has 1 aromatic carbocycles. The molecule has 2 rings (SSSR count). The van der Waals surface area contributed by atoms with Gasteiger partial charge in [-0.15, -0.1) is 0 Å². The van der Waals surface area contributed by atoms with E-state index < -0.39 is 5.79 Å². The topological polar surface area (TPSA) is 27.7 Å². The Morgan fingerprint density at radius 2 is 2.18 bits per heavy atom. The minimum absolute atomic E-state index is 0.0948. The van der Waals surface area contributed by atoms with Crippen LogP contribution in [-0.2, 0) is 9.47 Å². The minimum Gasteiger partial charge on any atom is -0.491 e. The number of alkyl halides is 1. The Kier molecular flexibility index (Phi) is 4.01. The first kappa shape index (κ1) is 12.8. The molecule has 1 aliphatic heterocycles. The summed E-state index contributed by atoms with van der Waals surface area (Å²) in [5, 5.41) is 0.618. The third kappa shape index (κ3) is 3.40. The highest BCUT2D eigenvalue weighted by Crippen LogP contribution is 2.25. The Morgan fingerprint density at radius 3 is 2.76 bits per heavy atom. The predicted molar refractivity (Wildman–Crippen MR) is 64.9 cm³/mol. The van der Waals surface area contributed by atoms with Gasteiger partial charge in [-0.1, -0.05) is 15.9 Å². The predicted octanol–water partition coefficient (Wildman–Crippen LogP) is 2.73. The maximum atomic E-state index is 12.7. The van der Waals surface area contributed by atoms with Crippen molar-refractivity contribution in [1.29, 1.82) is 0 Å². The van der Waals surface area contributed by atoms with Crippen molar-refractivity contribution < 1.29 is 18.6 Å². The second-order valence-corrected chi connectivity index (χ2v) is 4.64. The van der Waals surface area contributed by atoms with Crippen LogP contribution in [0.3, 0.4) is 0 Å². The Bertz CT molecular complexity index is 371. The Hall–Kier alpha value is -0.650. The van der Waals surface area contributed by atoms with Gasteiger partial charge in [0.1, 0.15) is 24.3 Å². The van der Waals surface area contributed by atoms with E-state index in [-0.39, 0.29) is 11.9 Å². The largest absolute Gasteiger partial charge is 0.491 e. The summed E-state index contributed by atoms with van der Waals surface area (Å²) in [5.74, 6) is -0.219. The van der Waals surface area contributed by atoms with Gasteiger partial charge in [-0.2, -0.15) is 0 Å². The fourth-order valence-electron chi connectivity index (χ4n) is 1.56. The zero-order valence-corrected chi connectivity index (χ0v) is 11.1. The number of hydrogen-bond donors (Lipinski definition) is 0. The standard InChI is InChI=1S/C12H14BrFO3/c1-12(8-13)16-7-11(17-12)6-15-10-4-2-9(14)3-5-10/h2-5,11H,6-8H2,1H3. The van der Waals surface area contributed by atoms with Crippen LogP contribution >= 0.6 is 15.9 Å². The maximum absolute atomic E-state index is 12.7. The summed E-state index contributed by atoms with van der Waals surface area (Å²) in [6.07, 6.45) is -0.0948. The van der Waals surface area contributed by atoms with Gasteiger partial charge in [0, 0.05) is 0 Å². The summed E-state index contributed by atoms with van der Waals surface area (Å²) >= 11 is 3.33. The molecule has 17 heavy (non-hydrogen) atoms. The number of ether oxygens (including phenoxy) is 3. The van der Waals surface area contributed by atoms with E-state index in [9.17, 15) is 4.39 Å². The second-order valence-electron chi connectivity index (χ2n) is 4.08. The molecule has 1 saturated heterocycles. The lowest BCUT2D eigenvalue weighted by Crippen LogP contribution is -2.30. The molecule has 3 nitrogen and oxygen atoms in total. The van der Waals surface area contributed by atoms with Gasteiger partial charge in [0.15, 0.2) is 5.79 Å². The lowest BCUT2D eigenvalue weighted by Gasteiger charge is -2.20. The van der Waals surface area contributed by atoms with Crippen molar-refractivity contribution in [2.24, 2.45) is 0 Å². The molecule has 1 fully saturated rings. The van der Waals surface area contributed by atoms with Gasteiger partial charge in [-0.25, -0.2) is 4.39 Å². The monoisotopic (exact) mass is 304 g/mol. The van der Waals surface area contributed by atoms with Crippen LogP contribution in [0.1, 0.15) is 6.92 Å². The van der Waals surface area contributed by atoms with Crippen LogP contribution in [-0.4, -0.2) is 30.4 Å². The van der Waals surface area contributed by atoms with Gasteiger partial charge in [-0.05, 0) is 31.2 Å². The van der Waals surface area contributed by atoms with E-state index in [2.05, 4.69) is 15.9 Å². The third-order valence-electron chi connectivity index (χ3n) is 2.48. The highest BCUT2D eigenvalue weighted by Gasteiger charge is 2.36. The lowest BCUT2D eigenvalue weighted by molar-refractivity contribution is -0.136. The molecule has 0 radical (unpaired) electrons.